The molecule has 1 fully saturated rings. The highest BCUT2D eigenvalue weighted by Crippen LogP contribution is 2.35. The third kappa shape index (κ3) is 8.84. The molecule has 1 aliphatic rings. The summed E-state index contributed by atoms with van der Waals surface area (Å²) in [5.41, 5.74) is -0.854. The van der Waals surface area contributed by atoms with E-state index in [-0.39, 0.29) is 55.5 Å². The summed E-state index contributed by atoms with van der Waals surface area (Å²) in [5, 5.41) is 5.89. The molecule has 0 bridgehead atoms. The molecule has 5 nitrogen and oxygen atoms in total. The molecular formula is C17H23F6IN4O. The minimum absolute atomic E-state index is 0. The summed E-state index contributed by atoms with van der Waals surface area (Å²) in [5.74, 6) is 0.0879. The van der Waals surface area contributed by atoms with Gasteiger partial charge in [0.15, 0.2) is 5.96 Å². The van der Waals surface area contributed by atoms with Crippen molar-refractivity contribution >= 4 is 29.9 Å². The lowest BCUT2D eigenvalue weighted by atomic mass is 10.2. The molecule has 1 heterocycles. The van der Waals surface area contributed by atoms with E-state index in [1.54, 1.807) is 0 Å². The van der Waals surface area contributed by atoms with Crippen LogP contribution in [0.3, 0.4) is 0 Å². The van der Waals surface area contributed by atoms with Gasteiger partial charge >= 0.3 is 12.4 Å². The summed E-state index contributed by atoms with van der Waals surface area (Å²) < 4.78 is 81.2. The number of hydrogen-bond acceptors (Lipinski definition) is 3. The van der Waals surface area contributed by atoms with Gasteiger partial charge < -0.3 is 15.4 Å². The normalized spacial score (nSPS) is 18.3. The molecule has 166 valence electrons. The molecule has 29 heavy (non-hydrogen) atoms. The molecule has 1 aromatic carbocycles. The Morgan fingerprint density at radius 3 is 2.52 bits per heavy atom. The van der Waals surface area contributed by atoms with E-state index in [0.717, 1.165) is 6.07 Å². The maximum absolute atomic E-state index is 12.9. The number of para-hydroxylation sites is 1. The average molecular weight is 540 g/mol. The summed E-state index contributed by atoms with van der Waals surface area (Å²) in [6.45, 7) is -0.269. The van der Waals surface area contributed by atoms with Crippen molar-refractivity contribution in [3.05, 3.63) is 29.8 Å². The topological polar surface area (TPSA) is 48.9 Å². The van der Waals surface area contributed by atoms with Crippen molar-refractivity contribution in [1.82, 2.24) is 15.5 Å². The lowest BCUT2D eigenvalue weighted by molar-refractivity contribution is -0.143. The van der Waals surface area contributed by atoms with E-state index in [2.05, 4.69) is 15.6 Å². The van der Waals surface area contributed by atoms with Gasteiger partial charge in [0.25, 0.3) is 0 Å². The SMILES string of the molecule is CN=C(NCCOc1ccccc1C(F)(F)F)NC1CCN(CC(F)(F)F)C1.I. The standard InChI is InChI=1S/C17H22F6N4O.HI/c1-24-15(26-12-6-8-27(10-12)11-16(18,19)20)25-7-9-28-14-5-3-2-4-13(14)17(21,22)23;/h2-5,12H,6-11H2,1H3,(H2,24,25,26);1H. The third-order valence-corrected chi connectivity index (χ3v) is 4.08. The van der Waals surface area contributed by atoms with Gasteiger partial charge in [-0.1, -0.05) is 12.1 Å². The van der Waals surface area contributed by atoms with E-state index in [4.69, 9.17) is 4.74 Å². The van der Waals surface area contributed by atoms with Crippen molar-refractivity contribution in [2.75, 3.05) is 39.8 Å². The molecule has 0 aromatic heterocycles. The average Bonchev–Trinajstić information content (AvgIpc) is 3.02. The third-order valence-electron chi connectivity index (χ3n) is 4.08. The zero-order chi connectivity index (χ0) is 20.8. The molecule has 1 aliphatic heterocycles. The van der Waals surface area contributed by atoms with E-state index in [0.29, 0.717) is 18.9 Å². The van der Waals surface area contributed by atoms with Crippen LogP contribution in [0.25, 0.3) is 0 Å². The van der Waals surface area contributed by atoms with E-state index >= 15 is 0 Å². The molecule has 1 aromatic rings. The Balaban J connectivity index is 0.00000420. The first-order valence-electron chi connectivity index (χ1n) is 8.64. The molecule has 0 aliphatic carbocycles. The van der Waals surface area contributed by atoms with Crippen molar-refractivity contribution in [1.29, 1.82) is 0 Å². The van der Waals surface area contributed by atoms with E-state index in [9.17, 15) is 26.3 Å². The van der Waals surface area contributed by atoms with Crippen molar-refractivity contribution in [3.63, 3.8) is 0 Å². The molecule has 0 spiro atoms. The first-order valence-corrected chi connectivity index (χ1v) is 8.64. The van der Waals surface area contributed by atoms with Crippen LogP contribution in [0.15, 0.2) is 29.3 Å². The molecule has 1 saturated heterocycles. The van der Waals surface area contributed by atoms with Crippen LogP contribution >= 0.6 is 24.0 Å². The number of alkyl halides is 6. The van der Waals surface area contributed by atoms with Crippen molar-refractivity contribution in [2.24, 2.45) is 4.99 Å². The van der Waals surface area contributed by atoms with Gasteiger partial charge in [-0.05, 0) is 18.6 Å². The highest BCUT2D eigenvalue weighted by atomic mass is 127. The Morgan fingerprint density at radius 2 is 1.90 bits per heavy atom. The molecule has 0 saturated carbocycles. The second kappa shape index (κ2) is 11.1. The van der Waals surface area contributed by atoms with E-state index in [1.165, 1.54) is 30.1 Å². The van der Waals surface area contributed by atoms with Gasteiger partial charge in [-0.2, -0.15) is 26.3 Å². The van der Waals surface area contributed by atoms with Crippen LogP contribution in [0.2, 0.25) is 0 Å². The molecule has 2 N–H and O–H groups in total. The van der Waals surface area contributed by atoms with E-state index in [1.807, 2.05) is 0 Å². The van der Waals surface area contributed by atoms with Crippen LogP contribution in [0, 0.1) is 0 Å². The van der Waals surface area contributed by atoms with Crippen LogP contribution < -0.4 is 15.4 Å². The summed E-state index contributed by atoms with van der Waals surface area (Å²) >= 11 is 0. The first-order chi connectivity index (χ1) is 13.1. The number of rotatable bonds is 6. The largest absolute Gasteiger partial charge is 0.491 e. The molecule has 1 unspecified atom stereocenters. The second-order valence-electron chi connectivity index (χ2n) is 6.32. The number of guanidine groups is 1. The van der Waals surface area contributed by atoms with Crippen LogP contribution in [0.1, 0.15) is 12.0 Å². The smallest absolute Gasteiger partial charge is 0.419 e. The van der Waals surface area contributed by atoms with Crippen LogP contribution in [0.4, 0.5) is 26.3 Å². The van der Waals surface area contributed by atoms with Crippen LogP contribution in [0.5, 0.6) is 5.75 Å². The number of nitrogens with zero attached hydrogens (tertiary/aromatic N) is 2. The number of hydrogen-bond donors (Lipinski definition) is 2. The van der Waals surface area contributed by atoms with Crippen molar-refractivity contribution in [2.45, 2.75) is 24.8 Å². The van der Waals surface area contributed by atoms with Gasteiger partial charge in [-0.15, -0.1) is 24.0 Å². The molecule has 1 atom stereocenters. The Hall–Kier alpha value is -1.44. The highest BCUT2D eigenvalue weighted by Gasteiger charge is 2.35. The fourth-order valence-corrected chi connectivity index (χ4v) is 2.89. The maximum atomic E-state index is 12.9. The number of benzene rings is 1. The Labute approximate surface area is 181 Å². The number of nitrogens with one attached hydrogen (secondary N) is 2. The van der Waals surface area contributed by atoms with Gasteiger partial charge in [0, 0.05) is 26.2 Å². The number of halogens is 7. The molecule has 0 amide bonds. The Morgan fingerprint density at radius 1 is 1.21 bits per heavy atom. The predicted octanol–water partition coefficient (Wildman–Crippen LogP) is 3.50. The number of aliphatic imine (C=N–C) groups is 1. The van der Waals surface area contributed by atoms with Gasteiger partial charge in [-0.25, -0.2) is 0 Å². The summed E-state index contributed by atoms with van der Waals surface area (Å²) in [6.07, 6.45) is -8.21. The minimum Gasteiger partial charge on any atom is -0.491 e. The number of ether oxygens (including phenoxy) is 1. The molecular weight excluding hydrogens is 517 g/mol. The maximum Gasteiger partial charge on any atom is 0.419 e. The lowest BCUT2D eigenvalue weighted by Crippen LogP contribution is -2.46. The van der Waals surface area contributed by atoms with Crippen molar-refractivity contribution in [3.8, 4) is 5.75 Å². The Kier molecular flexibility index (Phi) is 9.79. The fraction of sp³-hybridized carbons (Fsp3) is 0.588. The summed E-state index contributed by atoms with van der Waals surface area (Å²) in [4.78, 5) is 5.28. The lowest BCUT2D eigenvalue weighted by Gasteiger charge is -2.20. The minimum atomic E-state index is -4.51. The molecule has 0 radical (unpaired) electrons. The monoisotopic (exact) mass is 540 g/mol. The summed E-state index contributed by atoms with van der Waals surface area (Å²) in [7, 11) is 1.50. The number of likely N-dealkylation sites (tertiary alicyclic amines) is 1. The molecule has 12 heteroatoms. The quantitative estimate of drug-likeness (QED) is 0.191. The van der Waals surface area contributed by atoms with Gasteiger partial charge in [0.1, 0.15) is 12.4 Å². The van der Waals surface area contributed by atoms with Crippen LogP contribution in [-0.2, 0) is 6.18 Å². The van der Waals surface area contributed by atoms with Crippen LogP contribution in [-0.4, -0.2) is 62.9 Å². The van der Waals surface area contributed by atoms with Gasteiger partial charge in [0.2, 0.25) is 0 Å². The van der Waals surface area contributed by atoms with Gasteiger partial charge in [-0.3, -0.25) is 9.89 Å². The zero-order valence-corrected chi connectivity index (χ0v) is 17.9. The van der Waals surface area contributed by atoms with E-state index < -0.39 is 24.5 Å². The molecule has 2 rings (SSSR count). The van der Waals surface area contributed by atoms with Gasteiger partial charge in [0.05, 0.1) is 18.7 Å². The zero-order valence-electron chi connectivity index (χ0n) is 15.6. The van der Waals surface area contributed by atoms with Crippen molar-refractivity contribution < 1.29 is 31.1 Å². The predicted molar refractivity (Wildman–Crippen MR) is 108 cm³/mol. The summed E-state index contributed by atoms with van der Waals surface area (Å²) in [6, 6.07) is 4.72. The Bertz CT molecular complexity index is 668. The fourth-order valence-electron chi connectivity index (χ4n) is 2.89. The first kappa shape index (κ1) is 25.6. The highest BCUT2D eigenvalue weighted by molar-refractivity contribution is 14.0. The second-order valence-corrected chi connectivity index (χ2v) is 6.32.